The van der Waals surface area contributed by atoms with Crippen molar-refractivity contribution in [1.29, 1.82) is 0 Å². The van der Waals surface area contributed by atoms with E-state index < -0.39 is 0 Å². The quantitative estimate of drug-likeness (QED) is 0.609. The molecule has 9 heavy (non-hydrogen) atoms. The van der Waals surface area contributed by atoms with Crippen molar-refractivity contribution in [2.24, 2.45) is 5.92 Å². The van der Waals surface area contributed by atoms with Crippen LogP contribution in [0.5, 0.6) is 0 Å². The third-order valence-electron chi connectivity index (χ3n) is 1.51. The number of hydrogen-bond acceptors (Lipinski definition) is 1. The monoisotopic (exact) mass is 129 g/mol. The molecule has 0 aliphatic carbocycles. The van der Waals surface area contributed by atoms with E-state index in [1.54, 1.807) is 7.05 Å². The molecule has 0 heterocycles. The topological polar surface area (TPSA) is 29.1 Å². The fourth-order valence-corrected chi connectivity index (χ4v) is 0.563. The van der Waals surface area contributed by atoms with Gasteiger partial charge in [-0.3, -0.25) is 4.79 Å². The van der Waals surface area contributed by atoms with Gasteiger partial charge in [-0.2, -0.15) is 0 Å². The summed E-state index contributed by atoms with van der Waals surface area (Å²) < 4.78 is 0. The van der Waals surface area contributed by atoms with Crippen molar-refractivity contribution in [2.75, 3.05) is 7.05 Å². The van der Waals surface area contributed by atoms with E-state index in [1.807, 2.05) is 0 Å². The molecule has 0 aliphatic rings. The lowest BCUT2D eigenvalue weighted by Gasteiger charge is -2.04. The fraction of sp³-hybridized carbons (Fsp3) is 0.857. The molecule has 0 rings (SSSR count). The first-order valence-corrected chi connectivity index (χ1v) is 3.41. The van der Waals surface area contributed by atoms with Crippen LogP contribution in [-0.4, -0.2) is 13.0 Å². The van der Waals surface area contributed by atoms with E-state index in [2.05, 4.69) is 19.2 Å². The molecule has 0 aliphatic heterocycles. The summed E-state index contributed by atoms with van der Waals surface area (Å²) in [6, 6.07) is 0. The molecule has 1 unspecified atom stereocenters. The van der Waals surface area contributed by atoms with Gasteiger partial charge in [-0.1, -0.05) is 20.3 Å². The third-order valence-corrected chi connectivity index (χ3v) is 1.51. The highest BCUT2D eigenvalue weighted by Crippen LogP contribution is 2.04. The van der Waals surface area contributed by atoms with Crippen LogP contribution >= 0.6 is 0 Å². The smallest absolute Gasteiger partial charge is 0.220 e. The summed E-state index contributed by atoms with van der Waals surface area (Å²) >= 11 is 0. The summed E-state index contributed by atoms with van der Waals surface area (Å²) in [7, 11) is 1.67. The van der Waals surface area contributed by atoms with Crippen LogP contribution < -0.4 is 5.32 Å². The lowest BCUT2D eigenvalue weighted by Crippen LogP contribution is -2.19. The van der Waals surface area contributed by atoms with E-state index in [0.29, 0.717) is 12.3 Å². The van der Waals surface area contributed by atoms with Gasteiger partial charge in [0.2, 0.25) is 5.91 Å². The maximum atomic E-state index is 10.7. The molecule has 0 bridgehead atoms. The predicted octanol–water partition coefficient (Wildman–Crippen LogP) is 1.17. The molecular formula is C7H15NO. The standard InChI is InChI=1S/C7H15NO/c1-4-6(2)5-7(9)8-3/h6H,4-5H2,1-3H3,(H,8,9). The Kier molecular flexibility index (Phi) is 4.10. The van der Waals surface area contributed by atoms with Gasteiger partial charge in [-0.15, -0.1) is 0 Å². The normalized spacial score (nSPS) is 12.8. The average molecular weight is 129 g/mol. The zero-order valence-electron chi connectivity index (χ0n) is 6.40. The Morgan fingerprint density at radius 2 is 2.22 bits per heavy atom. The van der Waals surface area contributed by atoms with Crippen molar-refractivity contribution in [3.8, 4) is 0 Å². The minimum atomic E-state index is 0.143. The zero-order valence-corrected chi connectivity index (χ0v) is 6.40. The molecule has 0 saturated carbocycles. The maximum absolute atomic E-state index is 10.7. The van der Waals surface area contributed by atoms with Gasteiger partial charge in [0.1, 0.15) is 0 Å². The van der Waals surface area contributed by atoms with Crippen LogP contribution in [0.15, 0.2) is 0 Å². The number of nitrogens with one attached hydrogen (secondary N) is 1. The highest BCUT2D eigenvalue weighted by molar-refractivity contribution is 5.75. The molecule has 0 spiro atoms. The summed E-state index contributed by atoms with van der Waals surface area (Å²) in [5.74, 6) is 0.661. The first-order chi connectivity index (χ1) is 4.20. The van der Waals surface area contributed by atoms with Crippen molar-refractivity contribution in [2.45, 2.75) is 26.7 Å². The number of amides is 1. The molecular weight excluding hydrogens is 114 g/mol. The number of rotatable bonds is 3. The van der Waals surface area contributed by atoms with Crippen LogP contribution in [0.25, 0.3) is 0 Å². The Hall–Kier alpha value is -0.530. The van der Waals surface area contributed by atoms with Gasteiger partial charge in [-0.05, 0) is 5.92 Å². The highest BCUT2D eigenvalue weighted by atomic mass is 16.1. The molecule has 2 nitrogen and oxygen atoms in total. The van der Waals surface area contributed by atoms with Crippen LogP contribution in [0.2, 0.25) is 0 Å². The van der Waals surface area contributed by atoms with Gasteiger partial charge in [0.25, 0.3) is 0 Å². The SMILES string of the molecule is CCC(C)CC(=O)NC. The second-order valence-corrected chi connectivity index (χ2v) is 2.39. The molecule has 2 heteroatoms. The summed E-state index contributed by atoms with van der Waals surface area (Å²) in [4.78, 5) is 10.7. The zero-order chi connectivity index (χ0) is 7.28. The molecule has 0 aromatic rings. The van der Waals surface area contributed by atoms with Gasteiger partial charge in [-0.25, -0.2) is 0 Å². The fourth-order valence-electron chi connectivity index (χ4n) is 0.563. The van der Waals surface area contributed by atoms with Crippen molar-refractivity contribution >= 4 is 5.91 Å². The van der Waals surface area contributed by atoms with Crippen LogP contribution in [0.3, 0.4) is 0 Å². The van der Waals surface area contributed by atoms with Gasteiger partial charge >= 0.3 is 0 Å². The number of hydrogen-bond donors (Lipinski definition) is 1. The van der Waals surface area contributed by atoms with Gasteiger partial charge in [0.05, 0.1) is 0 Å². The van der Waals surface area contributed by atoms with E-state index >= 15 is 0 Å². The average Bonchev–Trinajstić information content (AvgIpc) is 1.87. The number of carbonyl (C=O) groups is 1. The molecule has 0 saturated heterocycles. The predicted molar refractivity (Wildman–Crippen MR) is 38.1 cm³/mol. The van der Waals surface area contributed by atoms with E-state index in [9.17, 15) is 4.79 Å². The highest BCUT2D eigenvalue weighted by Gasteiger charge is 2.03. The van der Waals surface area contributed by atoms with Crippen molar-refractivity contribution in [3.63, 3.8) is 0 Å². The molecule has 0 aromatic heterocycles. The van der Waals surface area contributed by atoms with Crippen LogP contribution in [0.1, 0.15) is 26.7 Å². The summed E-state index contributed by atoms with van der Waals surface area (Å²) in [6.07, 6.45) is 1.74. The molecule has 0 aromatic carbocycles. The van der Waals surface area contributed by atoms with Crippen LogP contribution in [0, 0.1) is 5.92 Å². The Balaban J connectivity index is 3.34. The minimum absolute atomic E-state index is 0.143. The summed E-state index contributed by atoms with van der Waals surface area (Å²) in [6.45, 7) is 4.17. The van der Waals surface area contributed by atoms with Crippen molar-refractivity contribution in [3.05, 3.63) is 0 Å². The van der Waals surface area contributed by atoms with E-state index in [1.165, 1.54) is 0 Å². The van der Waals surface area contributed by atoms with E-state index in [4.69, 9.17) is 0 Å². The van der Waals surface area contributed by atoms with E-state index in [-0.39, 0.29) is 5.91 Å². The largest absolute Gasteiger partial charge is 0.359 e. The maximum Gasteiger partial charge on any atom is 0.220 e. The molecule has 0 fully saturated rings. The minimum Gasteiger partial charge on any atom is -0.359 e. The molecule has 1 N–H and O–H groups in total. The first kappa shape index (κ1) is 8.47. The lowest BCUT2D eigenvalue weighted by atomic mass is 10.1. The van der Waals surface area contributed by atoms with Crippen LogP contribution in [-0.2, 0) is 4.79 Å². The first-order valence-electron chi connectivity index (χ1n) is 3.41. The molecule has 0 radical (unpaired) electrons. The van der Waals surface area contributed by atoms with Crippen LogP contribution in [0.4, 0.5) is 0 Å². The summed E-state index contributed by atoms with van der Waals surface area (Å²) in [5.41, 5.74) is 0. The Labute approximate surface area is 56.6 Å². The summed E-state index contributed by atoms with van der Waals surface area (Å²) in [5, 5.41) is 2.59. The Bertz CT molecular complexity index is 90.9. The van der Waals surface area contributed by atoms with Crippen molar-refractivity contribution < 1.29 is 4.79 Å². The van der Waals surface area contributed by atoms with E-state index in [0.717, 1.165) is 6.42 Å². The third kappa shape index (κ3) is 4.01. The van der Waals surface area contributed by atoms with Gasteiger partial charge < -0.3 is 5.32 Å². The second-order valence-electron chi connectivity index (χ2n) is 2.39. The van der Waals surface area contributed by atoms with Crippen molar-refractivity contribution in [1.82, 2.24) is 5.32 Å². The Morgan fingerprint density at radius 3 is 2.56 bits per heavy atom. The Morgan fingerprint density at radius 1 is 1.67 bits per heavy atom. The number of carbonyl (C=O) groups excluding carboxylic acids is 1. The molecule has 1 amide bonds. The second kappa shape index (κ2) is 4.36. The molecule has 1 atom stereocenters. The molecule has 54 valence electrons. The van der Waals surface area contributed by atoms with Gasteiger partial charge in [0, 0.05) is 13.5 Å². The van der Waals surface area contributed by atoms with Gasteiger partial charge in [0.15, 0.2) is 0 Å². The lowest BCUT2D eigenvalue weighted by molar-refractivity contribution is -0.121.